The Labute approximate surface area is 129 Å². The summed E-state index contributed by atoms with van der Waals surface area (Å²) in [5.41, 5.74) is 2.14. The summed E-state index contributed by atoms with van der Waals surface area (Å²) in [6.07, 6.45) is -0.162. The number of hydrogen-bond donors (Lipinski definition) is 2. The third-order valence-corrected chi connectivity index (χ3v) is 4.36. The first-order chi connectivity index (χ1) is 10.1. The van der Waals surface area contributed by atoms with E-state index in [4.69, 9.17) is 0 Å². The van der Waals surface area contributed by atoms with Crippen molar-refractivity contribution in [2.75, 3.05) is 0 Å². The molecule has 0 radical (unpaired) electrons. The van der Waals surface area contributed by atoms with Gasteiger partial charge < -0.3 is 10.4 Å². The molecule has 0 fully saturated rings. The Morgan fingerprint density at radius 2 is 2.05 bits per heavy atom. The second-order valence-corrected chi connectivity index (χ2v) is 5.90. The molecule has 5 heteroatoms. The molecule has 2 N–H and O–H groups in total. The molecule has 21 heavy (non-hydrogen) atoms. The highest BCUT2D eigenvalue weighted by molar-refractivity contribution is 9.10. The van der Waals surface area contributed by atoms with Crippen LogP contribution < -0.4 is 5.32 Å². The highest BCUT2D eigenvalue weighted by Crippen LogP contribution is 2.31. The van der Waals surface area contributed by atoms with Crippen molar-refractivity contribution in [2.24, 2.45) is 0 Å². The van der Waals surface area contributed by atoms with Crippen LogP contribution in [0.4, 0.5) is 4.39 Å². The zero-order valence-electron chi connectivity index (χ0n) is 11.0. The van der Waals surface area contributed by atoms with Gasteiger partial charge in [0.05, 0.1) is 17.7 Å². The average molecular weight is 350 g/mol. The lowest BCUT2D eigenvalue weighted by molar-refractivity contribution is 0.0857. The van der Waals surface area contributed by atoms with Gasteiger partial charge in [0.25, 0.3) is 5.91 Å². The van der Waals surface area contributed by atoms with Gasteiger partial charge in [0.2, 0.25) is 0 Å². The number of aliphatic hydroxyl groups is 1. The van der Waals surface area contributed by atoms with Crippen LogP contribution in [0, 0.1) is 5.82 Å². The van der Waals surface area contributed by atoms with E-state index in [1.54, 1.807) is 0 Å². The molecule has 3 nitrogen and oxygen atoms in total. The third kappa shape index (κ3) is 2.71. The maximum atomic E-state index is 13.3. The van der Waals surface area contributed by atoms with Gasteiger partial charge in [-0.3, -0.25) is 4.79 Å². The Morgan fingerprint density at radius 3 is 2.86 bits per heavy atom. The maximum Gasteiger partial charge on any atom is 0.253 e. The summed E-state index contributed by atoms with van der Waals surface area (Å²) >= 11 is 3.24. The van der Waals surface area contributed by atoms with Crippen LogP contribution in [0.2, 0.25) is 0 Å². The van der Waals surface area contributed by atoms with Crippen molar-refractivity contribution in [3.05, 3.63) is 69.4 Å². The van der Waals surface area contributed by atoms with Gasteiger partial charge in [-0.05, 0) is 45.3 Å². The largest absolute Gasteiger partial charge is 0.390 e. The van der Waals surface area contributed by atoms with E-state index in [-0.39, 0.29) is 5.56 Å². The van der Waals surface area contributed by atoms with Crippen molar-refractivity contribution in [3.8, 4) is 0 Å². The molecule has 2 atom stereocenters. The molecule has 2 unspecified atom stereocenters. The topological polar surface area (TPSA) is 49.3 Å². The Bertz CT molecular complexity index is 704. The third-order valence-electron chi connectivity index (χ3n) is 3.66. The van der Waals surface area contributed by atoms with Gasteiger partial charge in [-0.1, -0.05) is 24.3 Å². The molecule has 1 amide bonds. The molecule has 1 aliphatic rings. The SMILES string of the molecule is O=C(NC1c2ccccc2CC1O)c1cc(F)ccc1Br. The summed E-state index contributed by atoms with van der Waals surface area (Å²) in [5.74, 6) is -0.891. The molecule has 108 valence electrons. The van der Waals surface area contributed by atoms with Crippen molar-refractivity contribution in [1.82, 2.24) is 5.32 Å². The monoisotopic (exact) mass is 349 g/mol. The van der Waals surface area contributed by atoms with Crippen LogP contribution in [-0.4, -0.2) is 17.1 Å². The zero-order valence-corrected chi connectivity index (χ0v) is 12.6. The number of aliphatic hydroxyl groups excluding tert-OH is 1. The molecule has 0 saturated carbocycles. The molecule has 0 saturated heterocycles. The van der Waals surface area contributed by atoms with E-state index in [1.807, 2.05) is 24.3 Å². The number of carbonyl (C=O) groups is 1. The summed E-state index contributed by atoms with van der Waals surface area (Å²) < 4.78 is 13.8. The van der Waals surface area contributed by atoms with Crippen molar-refractivity contribution in [2.45, 2.75) is 18.6 Å². The second-order valence-electron chi connectivity index (χ2n) is 5.05. The number of hydrogen-bond acceptors (Lipinski definition) is 2. The van der Waals surface area contributed by atoms with Gasteiger partial charge in [0.15, 0.2) is 0 Å². The molecule has 2 aromatic carbocycles. The lowest BCUT2D eigenvalue weighted by Crippen LogP contribution is -2.34. The summed E-state index contributed by atoms with van der Waals surface area (Å²) in [7, 11) is 0. The van der Waals surface area contributed by atoms with Gasteiger partial charge in [-0.15, -0.1) is 0 Å². The standard InChI is InChI=1S/C16H13BrFNO2/c17-13-6-5-10(18)8-12(13)16(21)19-15-11-4-2-1-3-9(11)7-14(15)20/h1-6,8,14-15,20H,7H2,(H,19,21). The van der Waals surface area contributed by atoms with E-state index in [0.717, 1.165) is 11.1 Å². The summed E-state index contributed by atoms with van der Waals surface area (Å²) in [4.78, 5) is 12.3. The number of fused-ring (bicyclic) bond motifs is 1. The van der Waals surface area contributed by atoms with Crippen LogP contribution in [-0.2, 0) is 6.42 Å². The predicted molar refractivity (Wildman–Crippen MR) is 80.5 cm³/mol. The fourth-order valence-electron chi connectivity index (χ4n) is 2.64. The first-order valence-electron chi connectivity index (χ1n) is 6.58. The quantitative estimate of drug-likeness (QED) is 0.875. The van der Waals surface area contributed by atoms with E-state index in [0.29, 0.717) is 10.9 Å². The van der Waals surface area contributed by atoms with Crippen molar-refractivity contribution >= 4 is 21.8 Å². The molecule has 0 heterocycles. The van der Waals surface area contributed by atoms with Crippen LogP contribution >= 0.6 is 15.9 Å². The van der Waals surface area contributed by atoms with Gasteiger partial charge in [-0.25, -0.2) is 4.39 Å². The Hall–Kier alpha value is -1.72. The van der Waals surface area contributed by atoms with Crippen LogP contribution in [0.3, 0.4) is 0 Å². The van der Waals surface area contributed by atoms with E-state index in [9.17, 15) is 14.3 Å². The van der Waals surface area contributed by atoms with Crippen LogP contribution in [0.25, 0.3) is 0 Å². The Morgan fingerprint density at radius 1 is 1.29 bits per heavy atom. The zero-order chi connectivity index (χ0) is 15.0. The van der Waals surface area contributed by atoms with Crippen LogP contribution in [0.15, 0.2) is 46.9 Å². The number of halogens is 2. The number of rotatable bonds is 2. The Balaban J connectivity index is 1.87. The predicted octanol–water partition coefficient (Wildman–Crippen LogP) is 2.98. The first kappa shape index (κ1) is 14.2. The lowest BCUT2D eigenvalue weighted by atomic mass is 10.1. The van der Waals surface area contributed by atoms with Crippen molar-refractivity contribution in [1.29, 1.82) is 0 Å². The van der Waals surface area contributed by atoms with E-state index < -0.39 is 23.9 Å². The maximum absolute atomic E-state index is 13.3. The Kier molecular flexibility index (Phi) is 3.78. The molecule has 1 aliphatic carbocycles. The van der Waals surface area contributed by atoms with E-state index >= 15 is 0 Å². The van der Waals surface area contributed by atoms with E-state index in [2.05, 4.69) is 21.2 Å². The summed E-state index contributed by atoms with van der Waals surface area (Å²) in [6, 6.07) is 11.1. The first-order valence-corrected chi connectivity index (χ1v) is 7.37. The molecular formula is C16H13BrFNO2. The highest BCUT2D eigenvalue weighted by atomic mass is 79.9. The van der Waals surface area contributed by atoms with E-state index in [1.165, 1.54) is 18.2 Å². The summed E-state index contributed by atoms with van der Waals surface area (Å²) in [6.45, 7) is 0. The minimum Gasteiger partial charge on any atom is -0.390 e. The van der Waals surface area contributed by atoms with Crippen molar-refractivity contribution < 1.29 is 14.3 Å². The van der Waals surface area contributed by atoms with Crippen molar-refractivity contribution in [3.63, 3.8) is 0 Å². The van der Waals surface area contributed by atoms with Gasteiger partial charge in [0, 0.05) is 10.9 Å². The normalized spacial score (nSPS) is 20.1. The van der Waals surface area contributed by atoms with Gasteiger partial charge in [-0.2, -0.15) is 0 Å². The minimum atomic E-state index is -0.668. The molecular weight excluding hydrogens is 337 g/mol. The molecule has 0 aromatic heterocycles. The van der Waals surface area contributed by atoms with Crippen LogP contribution in [0.1, 0.15) is 27.5 Å². The number of nitrogens with one attached hydrogen (secondary N) is 1. The smallest absolute Gasteiger partial charge is 0.253 e. The number of amides is 1. The average Bonchev–Trinajstić information content (AvgIpc) is 2.78. The second kappa shape index (κ2) is 5.58. The fraction of sp³-hybridized carbons (Fsp3) is 0.188. The minimum absolute atomic E-state index is 0.214. The van der Waals surface area contributed by atoms with Crippen LogP contribution in [0.5, 0.6) is 0 Å². The molecule has 2 aromatic rings. The number of carbonyl (C=O) groups excluding carboxylic acids is 1. The number of benzene rings is 2. The molecule has 0 bridgehead atoms. The fourth-order valence-corrected chi connectivity index (χ4v) is 3.07. The highest BCUT2D eigenvalue weighted by Gasteiger charge is 2.32. The lowest BCUT2D eigenvalue weighted by Gasteiger charge is -2.18. The molecule has 3 rings (SSSR count). The molecule has 0 aliphatic heterocycles. The molecule has 0 spiro atoms. The van der Waals surface area contributed by atoms with Gasteiger partial charge in [0.1, 0.15) is 5.82 Å². The van der Waals surface area contributed by atoms with Gasteiger partial charge >= 0.3 is 0 Å². The summed E-state index contributed by atoms with van der Waals surface area (Å²) in [5, 5.41) is 12.9.